The number of benzene rings is 1. The summed E-state index contributed by atoms with van der Waals surface area (Å²) in [5.41, 5.74) is 1.56. The number of ketones is 1. The highest BCUT2D eigenvalue weighted by molar-refractivity contribution is 8.09. The first-order valence-corrected chi connectivity index (χ1v) is 13.8. The van der Waals surface area contributed by atoms with E-state index < -0.39 is 5.92 Å². The van der Waals surface area contributed by atoms with Gasteiger partial charge in [-0.25, -0.2) is 4.39 Å². The molecule has 0 bridgehead atoms. The van der Waals surface area contributed by atoms with Crippen molar-refractivity contribution in [3.8, 4) is 0 Å². The van der Waals surface area contributed by atoms with E-state index in [9.17, 15) is 18.0 Å². The number of allylic oxidation sites excluding steroid dienone is 1. The molecule has 0 aliphatic carbocycles. The molecule has 0 fully saturated rings. The second-order valence-electron chi connectivity index (χ2n) is 8.18. The van der Waals surface area contributed by atoms with Crippen LogP contribution in [0.3, 0.4) is 0 Å². The van der Waals surface area contributed by atoms with Crippen LogP contribution < -0.4 is 0 Å². The molecule has 0 N–H and O–H groups in total. The Morgan fingerprint density at radius 1 is 1.11 bits per heavy atom. The van der Waals surface area contributed by atoms with Gasteiger partial charge in [0, 0.05) is 18.9 Å². The highest BCUT2D eigenvalue weighted by Gasteiger charge is 2.29. The lowest BCUT2D eigenvalue weighted by atomic mass is 10.1. The molecule has 0 spiro atoms. The van der Waals surface area contributed by atoms with Crippen LogP contribution in [-0.4, -0.2) is 20.8 Å². The Bertz CT molecular complexity index is 870. The van der Waals surface area contributed by atoms with Crippen molar-refractivity contribution in [2.24, 2.45) is 7.05 Å². The van der Waals surface area contributed by atoms with Crippen LogP contribution in [0, 0.1) is 5.82 Å². The van der Waals surface area contributed by atoms with Crippen LogP contribution in [-0.2, 0) is 24.2 Å². The van der Waals surface area contributed by atoms with Gasteiger partial charge in [0.15, 0.2) is 0 Å². The molecular weight excluding hydrogens is 481 g/mol. The lowest BCUT2D eigenvalue weighted by molar-refractivity contribution is -0.116. The minimum atomic E-state index is -2.93. The molecule has 0 saturated carbocycles. The van der Waals surface area contributed by atoms with Crippen molar-refractivity contribution >= 4 is 22.5 Å². The number of hydrogen-bond acceptors (Lipinski definition) is 3. The highest BCUT2D eigenvalue weighted by Crippen LogP contribution is 2.34. The SMILES string of the molecule is C/C=C(\SC(C)C(C)=O)c1cc(C(C)(F)F)n(C)n1.CC.CCCC.CCCCc1ccc(F)cc1. The van der Waals surface area contributed by atoms with E-state index in [1.807, 2.05) is 26.0 Å². The fourth-order valence-electron chi connectivity index (χ4n) is 2.58. The first-order valence-electron chi connectivity index (χ1n) is 12.9. The third-order valence-electron chi connectivity index (χ3n) is 4.95. The average molecular weight is 529 g/mol. The summed E-state index contributed by atoms with van der Waals surface area (Å²) in [6.45, 7) is 16.5. The Kier molecular flexibility index (Phi) is 20.2. The van der Waals surface area contributed by atoms with Gasteiger partial charge in [0.2, 0.25) is 0 Å². The molecule has 1 heterocycles. The summed E-state index contributed by atoms with van der Waals surface area (Å²) in [4.78, 5) is 12.0. The summed E-state index contributed by atoms with van der Waals surface area (Å²) in [7, 11) is 1.49. The van der Waals surface area contributed by atoms with E-state index in [4.69, 9.17) is 0 Å². The number of unbranched alkanes of at least 4 members (excludes halogenated alkanes) is 2. The standard InChI is InChI=1S/C13H18F2N2OS.C10H13F.C4H10.C2H6/c1-6-11(19-9(3)8(2)18)10-7-12(13(4,14)15)17(5)16-10;1-2-3-4-9-5-7-10(11)8-6-9;1-3-4-2;1-2/h6-7,9H,1-5H3;5-8H,2-4H2,1H3;3-4H2,1-2H3;1-2H3/b11-6-;;;. The maximum atomic E-state index is 13.3. The van der Waals surface area contributed by atoms with Gasteiger partial charge >= 0.3 is 0 Å². The topological polar surface area (TPSA) is 34.9 Å². The molecule has 1 atom stereocenters. The number of alkyl halides is 2. The van der Waals surface area contributed by atoms with E-state index in [-0.39, 0.29) is 22.5 Å². The predicted octanol–water partition coefficient (Wildman–Crippen LogP) is 9.60. The van der Waals surface area contributed by atoms with Crippen LogP contribution >= 0.6 is 11.8 Å². The van der Waals surface area contributed by atoms with Gasteiger partial charge in [-0.2, -0.15) is 13.9 Å². The number of carbonyl (C=O) groups is 1. The van der Waals surface area contributed by atoms with E-state index in [1.54, 1.807) is 19.9 Å². The third-order valence-corrected chi connectivity index (χ3v) is 6.34. The Hall–Kier alpha value is -2.02. The number of halogens is 3. The molecule has 0 aliphatic rings. The first-order chi connectivity index (χ1) is 16.9. The molecule has 0 saturated heterocycles. The zero-order valence-electron chi connectivity index (χ0n) is 23.9. The number of carbonyl (C=O) groups excluding carboxylic acids is 1. The van der Waals surface area contributed by atoms with Gasteiger partial charge in [-0.15, -0.1) is 11.8 Å². The van der Waals surface area contributed by atoms with E-state index in [1.165, 1.54) is 79.9 Å². The molecule has 2 rings (SSSR count). The Labute approximate surface area is 222 Å². The van der Waals surface area contributed by atoms with Crippen LogP contribution in [0.2, 0.25) is 0 Å². The molecule has 1 aromatic carbocycles. The number of nitrogens with zero attached hydrogens (tertiary/aromatic N) is 2. The summed E-state index contributed by atoms with van der Waals surface area (Å²) in [5, 5.41) is 3.87. The van der Waals surface area contributed by atoms with E-state index >= 15 is 0 Å². The molecule has 3 nitrogen and oxygen atoms in total. The quantitative estimate of drug-likeness (QED) is 0.325. The van der Waals surface area contributed by atoms with Crippen molar-refractivity contribution in [1.29, 1.82) is 0 Å². The first kappa shape index (κ1) is 36.1. The number of hydrogen-bond donors (Lipinski definition) is 0. The van der Waals surface area contributed by atoms with Crippen molar-refractivity contribution in [2.45, 2.75) is 106 Å². The lowest BCUT2D eigenvalue weighted by Crippen LogP contribution is -2.12. The molecule has 7 heteroatoms. The van der Waals surface area contributed by atoms with Crippen LogP contribution in [0.5, 0.6) is 0 Å². The number of aromatic nitrogens is 2. The van der Waals surface area contributed by atoms with Gasteiger partial charge in [0.1, 0.15) is 17.3 Å². The molecular formula is C29H47F3N2OS. The zero-order valence-corrected chi connectivity index (χ0v) is 24.7. The monoisotopic (exact) mass is 528 g/mol. The maximum absolute atomic E-state index is 13.3. The molecule has 2 aromatic rings. The number of aryl methyl sites for hydroxylation is 2. The smallest absolute Gasteiger partial charge is 0.286 e. The Morgan fingerprint density at radius 3 is 2.00 bits per heavy atom. The van der Waals surface area contributed by atoms with Gasteiger partial charge < -0.3 is 0 Å². The largest absolute Gasteiger partial charge is 0.299 e. The van der Waals surface area contributed by atoms with Crippen molar-refractivity contribution in [3.05, 3.63) is 59.2 Å². The van der Waals surface area contributed by atoms with Crippen molar-refractivity contribution in [2.75, 3.05) is 0 Å². The van der Waals surface area contributed by atoms with Crippen LogP contribution in [0.25, 0.3) is 4.91 Å². The Balaban J connectivity index is 0. The average Bonchev–Trinajstić information content (AvgIpc) is 3.25. The summed E-state index contributed by atoms with van der Waals surface area (Å²) < 4.78 is 40.3. The minimum Gasteiger partial charge on any atom is -0.299 e. The van der Waals surface area contributed by atoms with Gasteiger partial charge in [-0.05, 0) is 57.4 Å². The van der Waals surface area contributed by atoms with Crippen molar-refractivity contribution in [3.63, 3.8) is 0 Å². The Morgan fingerprint density at radius 2 is 1.64 bits per heavy atom. The number of rotatable bonds is 9. The minimum absolute atomic E-state index is 0.0429. The molecule has 1 unspecified atom stereocenters. The summed E-state index contributed by atoms with van der Waals surface area (Å²) in [5.74, 6) is -3.04. The number of thioether (sulfide) groups is 1. The predicted molar refractivity (Wildman–Crippen MR) is 151 cm³/mol. The highest BCUT2D eigenvalue weighted by atomic mass is 32.2. The fraction of sp³-hybridized carbons (Fsp3) is 0.586. The molecule has 0 radical (unpaired) electrons. The van der Waals surface area contributed by atoms with Gasteiger partial charge in [-0.1, -0.05) is 72.1 Å². The van der Waals surface area contributed by atoms with Crippen molar-refractivity contribution < 1.29 is 18.0 Å². The van der Waals surface area contributed by atoms with Crippen LogP contribution in [0.15, 0.2) is 36.4 Å². The lowest BCUT2D eigenvalue weighted by Gasteiger charge is -2.09. The summed E-state index contributed by atoms with van der Waals surface area (Å²) >= 11 is 1.33. The second kappa shape index (κ2) is 20.1. The molecule has 0 amide bonds. The van der Waals surface area contributed by atoms with E-state index in [0.29, 0.717) is 5.69 Å². The van der Waals surface area contributed by atoms with E-state index in [2.05, 4.69) is 25.9 Å². The van der Waals surface area contributed by atoms with Gasteiger partial charge in [-0.3, -0.25) is 9.48 Å². The normalized spacial score (nSPS) is 11.8. The van der Waals surface area contributed by atoms with Gasteiger partial charge in [0.05, 0.1) is 10.9 Å². The molecule has 206 valence electrons. The summed E-state index contributed by atoms with van der Waals surface area (Å²) in [6.07, 6.45) is 7.86. The van der Waals surface area contributed by atoms with Crippen LogP contribution in [0.4, 0.5) is 13.2 Å². The fourth-order valence-corrected chi connectivity index (χ4v) is 3.48. The number of Topliss-reactive ketones (excluding diaryl/α,β-unsaturated/α-hetero) is 1. The maximum Gasteiger partial charge on any atom is 0.286 e. The third kappa shape index (κ3) is 15.2. The summed E-state index contributed by atoms with van der Waals surface area (Å²) in [6, 6.07) is 8.11. The molecule has 0 aliphatic heterocycles. The molecule has 36 heavy (non-hydrogen) atoms. The van der Waals surface area contributed by atoms with Crippen molar-refractivity contribution in [1.82, 2.24) is 9.78 Å². The second-order valence-corrected chi connectivity index (χ2v) is 9.56. The molecule has 1 aromatic heterocycles. The van der Waals surface area contributed by atoms with E-state index in [0.717, 1.165) is 18.2 Å². The zero-order chi connectivity index (χ0) is 28.3. The van der Waals surface area contributed by atoms with Crippen LogP contribution in [0.1, 0.15) is 105 Å². The van der Waals surface area contributed by atoms with Gasteiger partial charge in [0.25, 0.3) is 5.92 Å².